The van der Waals surface area contributed by atoms with Crippen molar-refractivity contribution in [3.63, 3.8) is 0 Å². The molecule has 0 aromatic heterocycles. The summed E-state index contributed by atoms with van der Waals surface area (Å²) in [6.07, 6.45) is 33.8. The molecule has 0 aliphatic heterocycles. The van der Waals surface area contributed by atoms with Crippen molar-refractivity contribution in [3.05, 3.63) is 60.8 Å². The fourth-order valence-electron chi connectivity index (χ4n) is 4.02. The molecule has 2 atom stereocenters. The van der Waals surface area contributed by atoms with Gasteiger partial charge >= 0.3 is 11.9 Å². The van der Waals surface area contributed by atoms with Crippen LogP contribution < -0.4 is 0 Å². The molecular formula is C36H60O6. The second-order valence-corrected chi connectivity index (χ2v) is 11.2. The van der Waals surface area contributed by atoms with Gasteiger partial charge in [0.15, 0.2) is 6.10 Å². The van der Waals surface area contributed by atoms with Crippen molar-refractivity contribution < 1.29 is 29.3 Å². The number of ether oxygens (including phenoxy) is 2. The zero-order valence-corrected chi connectivity index (χ0v) is 26.8. The summed E-state index contributed by atoms with van der Waals surface area (Å²) in [6.45, 7) is 6.00. The number of unbranched alkanes of at least 4 members (excludes halogenated alkanes) is 7. The van der Waals surface area contributed by atoms with Gasteiger partial charge in [0.05, 0.1) is 12.7 Å². The van der Waals surface area contributed by atoms with E-state index in [2.05, 4.69) is 56.4 Å². The summed E-state index contributed by atoms with van der Waals surface area (Å²) < 4.78 is 10.5. The van der Waals surface area contributed by atoms with Gasteiger partial charge in [0.2, 0.25) is 0 Å². The summed E-state index contributed by atoms with van der Waals surface area (Å²) in [6, 6.07) is 0. The van der Waals surface area contributed by atoms with Gasteiger partial charge in [0, 0.05) is 12.8 Å². The van der Waals surface area contributed by atoms with Crippen LogP contribution in [0.15, 0.2) is 60.8 Å². The highest BCUT2D eigenvalue weighted by molar-refractivity contribution is 5.70. The van der Waals surface area contributed by atoms with E-state index in [4.69, 9.17) is 9.47 Å². The summed E-state index contributed by atoms with van der Waals surface area (Å²) in [4.78, 5) is 24.0. The lowest BCUT2D eigenvalue weighted by Gasteiger charge is -2.15. The van der Waals surface area contributed by atoms with Crippen LogP contribution in [-0.4, -0.2) is 47.6 Å². The van der Waals surface area contributed by atoms with Gasteiger partial charge in [-0.1, -0.05) is 126 Å². The van der Waals surface area contributed by atoms with Crippen LogP contribution >= 0.6 is 0 Å². The molecule has 240 valence electrons. The number of allylic oxidation sites excluding steroid dienone is 9. The van der Waals surface area contributed by atoms with Crippen molar-refractivity contribution in [2.75, 3.05) is 13.2 Å². The predicted octanol–water partition coefficient (Wildman–Crippen LogP) is 8.49. The van der Waals surface area contributed by atoms with Gasteiger partial charge in [-0.15, -0.1) is 0 Å². The van der Waals surface area contributed by atoms with Crippen LogP contribution in [-0.2, 0) is 19.1 Å². The number of rotatable bonds is 27. The first-order valence-electron chi connectivity index (χ1n) is 16.3. The molecule has 0 aliphatic carbocycles. The molecule has 0 rings (SSSR count). The van der Waals surface area contributed by atoms with E-state index in [0.29, 0.717) is 12.8 Å². The van der Waals surface area contributed by atoms with E-state index in [9.17, 15) is 19.8 Å². The second-order valence-electron chi connectivity index (χ2n) is 11.2. The first kappa shape index (κ1) is 39.6. The third-order valence-electron chi connectivity index (χ3n) is 6.66. The number of aliphatic hydroxyl groups excluding tert-OH is 2. The average molecular weight is 589 g/mol. The highest BCUT2D eigenvalue weighted by Gasteiger charge is 2.15. The maximum Gasteiger partial charge on any atom is 0.306 e. The molecule has 42 heavy (non-hydrogen) atoms. The minimum Gasteiger partial charge on any atom is -0.462 e. The lowest BCUT2D eigenvalue weighted by molar-refractivity contribution is -0.161. The minimum atomic E-state index is -0.810. The van der Waals surface area contributed by atoms with Gasteiger partial charge in [-0.3, -0.25) is 9.59 Å². The van der Waals surface area contributed by atoms with E-state index < -0.39 is 6.10 Å². The van der Waals surface area contributed by atoms with E-state index >= 15 is 0 Å². The Hall–Kier alpha value is -2.44. The fraction of sp³-hybridized carbons (Fsp3) is 0.667. The Balaban J connectivity index is 3.78. The molecule has 0 heterocycles. The molecule has 0 bridgehead atoms. The molecule has 0 saturated carbocycles. The van der Waals surface area contributed by atoms with Gasteiger partial charge in [0.25, 0.3) is 0 Å². The predicted molar refractivity (Wildman–Crippen MR) is 174 cm³/mol. The van der Waals surface area contributed by atoms with E-state index in [1.165, 1.54) is 32.1 Å². The zero-order chi connectivity index (χ0) is 31.1. The average Bonchev–Trinajstić information content (AvgIpc) is 2.97. The van der Waals surface area contributed by atoms with Gasteiger partial charge in [-0.05, 0) is 50.9 Å². The Morgan fingerprint density at radius 3 is 1.90 bits per heavy atom. The van der Waals surface area contributed by atoms with Crippen molar-refractivity contribution >= 4 is 11.9 Å². The van der Waals surface area contributed by atoms with E-state index in [-0.39, 0.29) is 37.7 Å². The Morgan fingerprint density at radius 1 is 0.714 bits per heavy atom. The van der Waals surface area contributed by atoms with E-state index in [1.54, 1.807) is 6.08 Å². The minimum absolute atomic E-state index is 0.101. The van der Waals surface area contributed by atoms with Crippen LogP contribution in [0.1, 0.15) is 124 Å². The zero-order valence-electron chi connectivity index (χ0n) is 26.8. The summed E-state index contributed by atoms with van der Waals surface area (Å²) in [5, 5.41) is 18.9. The number of hydrogen-bond donors (Lipinski definition) is 2. The monoisotopic (exact) mass is 588 g/mol. The Kier molecular flexibility index (Phi) is 28.3. The largest absolute Gasteiger partial charge is 0.462 e. The molecule has 6 nitrogen and oxygen atoms in total. The molecule has 0 unspecified atom stereocenters. The Labute approximate surface area is 256 Å². The highest BCUT2D eigenvalue weighted by atomic mass is 16.6. The van der Waals surface area contributed by atoms with Crippen molar-refractivity contribution in [2.24, 2.45) is 5.92 Å². The van der Waals surface area contributed by atoms with Gasteiger partial charge in [0.1, 0.15) is 6.61 Å². The topological polar surface area (TPSA) is 93.1 Å². The fourth-order valence-corrected chi connectivity index (χ4v) is 4.02. The molecule has 6 heteroatoms. The Bertz CT molecular complexity index is 793. The van der Waals surface area contributed by atoms with Crippen LogP contribution in [0.2, 0.25) is 0 Å². The summed E-state index contributed by atoms with van der Waals surface area (Å²) in [5.41, 5.74) is 0. The van der Waals surface area contributed by atoms with Crippen LogP contribution in [0.3, 0.4) is 0 Å². The molecule has 0 aliphatic rings. The van der Waals surface area contributed by atoms with Gasteiger partial charge < -0.3 is 19.7 Å². The molecule has 0 amide bonds. The number of carbonyl (C=O) groups is 2. The van der Waals surface area contributed by atoms with Crippen molar-refractivity contribution in [1.29, 1.82) is 0 Å². The number of hydrogen-bond acceptors (Lipinski definition) is 6. The molecule has 0 spiro atoms. The third-order valence-corrected chi connectivity index (χ3v) is 6.66. The van der Waals surface area contributed by atoms with E-state index in [0.717, 1.165) is 57.3 Å². The standard InChI is InChI=1S/C36H60O6/c1-4-33(38)27-23-19-15-11-9-7-5-6-8-10-12-16-21-25-29-36(40)42-34(30-37)31-41-35(39)28-24-20-17-13-14-18-22-26-32(2)3/h6-9,12,15-16,19,23,27,32-34,37-38H,4-5,10-11,13-14,17-18,20-22,24-26,28-31H2,1-3H3/b8-6-,9-7-,16-12-,19-15-,27-23+/t33-,34+/m1/s1. The van der Waals surface area contributed by atoms with Gasteiger partial charge in [-0.2, -0.15) is 0 Å². The number of esters is 2. The van der Waals surface area contributed by atoms with Crippen LogP contribution in [0, 0.1) is 5.92 Å². The quantitative estimate of drug-likeness (QED) is 0.0433. The molecule has 0 aromatic carbocycles. The molecule has 0 fully saturated rings. The lowest BCUT2D eigenvalue weighted by atomic mass is 10.0. The van der Waals surface area contributed by atoms with Crippen molar-refractivity contribution in [1.82, 2.24) is 0 Å². The number of carbonyl (C=O) groups excluding carboxylic acids is 2. The van der Waals surface area contributed by atoms with Crippen molar-refractivity contribution in [3.8, 4) is 0 Å². The van der Waals surface area contributed by atoms with Crippen LogP contribution in [0.4, 0.5) is 0 Å². The lowest BCUT2D eigenvalue weighted by Crippen LogP contribution is -2.28. The maximum atomic E-state index is 12.1. The summed E-state index contributed by atoms with van der Waals surface area (Å²) >= 11 is 0. The molecular weight excluding hydrogens is 528 g/mol. The smallest absolute Gasteiger partial charge is 0.306 e. The van der Waals surface area contributed by atoms with Crippen LogP contribution in [0.25, 0.3) is 0 Å². The summed E-state index contributed by atoms with van der Waals surface area (Å²) in [7, 11) is 0. The molecule has 0 aromatic rings. The third kappa shape index (κ3) is 29.1. The first-order chi connectivity index (χ1) is 20.4. The molecule has 0 radical (unpaired) electrons. The Morgan fingerprint density at radius 2 is 1.29 bits per heavy atom. The second kappa shape index (κ2) is 30.0. The first-order valence-corrected chi connectivity index (χ1v) is 16.3. The SMILES string of the molecule is CC[C@@H](O)/C=C/C=C\C/C=C\C/C=C\C/C=C\CCCC(=O)O[C@@H](CO)COC(=O)CCCCCCCCCC(C)C. The molecule has 2 N–H and O–H groups in total. The normalized spacial score (nSPS) is 13.9. The van der Waals surface area contributed by atoms with Gasteiger partial charge in [-0.25, -0.2) is 0 Å². The summed E-state index contributed by atoms with van der Waals surface area (Å²) in [5.74, 6) is 0.0933. The highest BCUT2D eigenvalue weighted by Crippen LogP contribution is 2.13. The van der Waals surface area contributed by atoms with E-state index in [1.807, 2.05) is 19.1 Å². The van der Waals surface area contributed by atoms with Crippen LogP contribution in [0.5, 0.6) is 0 Å². The molecule has 0 saturated heterocycles. The van der Waals surface area contributed by atoms with Crippen molar-refractivity contribution in [2.45, 2.75) is 136 Å². The maximum absolute atomic E-state index is 12.1. The number of aliphatic hydroxyl groups is 2.